The normalized spacial score (nSPS) is 12.0. The summed E-state index contributed by atoms with van der Waals surface area (Å²) in [6.07, 6.45) is 0. The van der Waals surface area contributed by atoms with Crippen LogP contribution in [0.1, 0.15) is 0 Å². The van der Waals surface area contributed by atoms with Gasteiger partial charge in [0.2, 0.25) is 0 Å². The molecule has 0 amide bonds. The zero-order valence-electron chi connectivity index (χ0n) is 42.7. The number of hydrogen-bond donors (Lipinski definition) is 0. The zero-order valence-corrected chi connectivity index (χ0v) is 42.7. The van der Waals surface area contributed by atoms with Gasteiger partial charge >= 0.3 is 0 Å². The highest BCUT2D eigenvalue weighted by molar-refractivity contribution is 6.79. The molecular weight excluding hydrogens is 941 g/mol. The molecule has 0 fully saturated rings. The van der Waals surface area contributed by atoms with Gasteiger partial charge in [0, 0.05) is 10.8 Å². The van der Waals surface area contributed by atoms with Crippen molar-refractivity contribution in [3.05, 3.63) is 0 Å². The summed E-state index contributed by atoms with van der Waals surface area (Å²) in [4.78, 5) is 0. The minimum atomic E-state index is -0.308. The molecule has 0 N–H and O–H groups in total. The van der Waals surface area contributed by atoms with E-state index in [0.29, 0.717) is 0 Å². The molecule has 81 heavy (non-hydrogen) atoms. The molecule has 11 rings (SSSR count). The standard InChI is InChI=1S/C50B30O/c51-19-9(7-8(27(59)43(75)42(74)26(7)58)10-13(19)33(65)45(77)44(76)28(10)60)14-31(63)29(61)12(30(62)32(14)64)2-5-3(22(54)38(70)40(72)24(5)56)1(4-6(2)25(57)41(73)39(71)23(4)55)11-20(52)18-17-21(53)15-16(35(67)47(79)46(78)34(15)66)37(69)49(17)81-50(18)48(80)36(11)68. The lowest BCUT2D eigenvalue weighted by Gasteiger charge is -2.33. The van der Waals surface area contributed by atoms with Gasteiger partial charge in [-0.3, -0.25) is 0 Å². The van der Waals surface area contributed by atoms with Crippen LogP contribution in [0, 0.1) is 0 Å². The number of fused-ring (bicyclic) bond motifs is 9. The molecule has 0 atom stereocenters. The molecule has 0 aliphatic heterocycles. The number of benzene rings is 10. The van der Waals surface area contributed by atoms with Crippen LogP contribution in [-0.4, -0.2) is 235 Å². The van der Waals surface area contributed by atoms with Crippen molar-refractivity contribution < 1.29 is 4.42 Å². The van der Waals surface area contributed by atoms with Gasteiger partial charge in [-0.1, -0.05) is 104 Å². The van der Waals surface area contributed by atoms with Crippen molar-refractivity contribution in [1.29, 1.82) is 0 Å². The fraction of sp³-hybridized carbons (Fsp3) is 0. The summed E-state index contributed by atoms with van der Waals surface area (Å²) < 4.78 is 6.39. The van der Waals surface area contributed by atoms with E-state index in [0.717, 1.165) is 0 Å². The highest BCUT2D eigenvalue weighted by Gasteiger charge is 2.32. The molecule has 11 aromatic rings. The molecule has 31 heteroatoms. The smallest absolute Gasteiger partial charge is 0.128 e. The van der Waals surface area contributed by atoms with Gasteiger partial charge in [-0.2, -0.15) is 0 Å². The molecule has 0 saturated heterocycles. The summed E-state index contributed by atoms with van der Waals surface area (Å²) >= 11 is 0. The van der Waals surface area contributed by atoms with Crippen LogP contribution in [0.3, 0.4) is 0 Å². The summed E-state index contributed by atoms with van der Waals surface area (Å²) in [6.45, 7) is 0. The Morgan fingerprint density at radius 3 is 0.654 bits per heavy atom. The predicted molar refractivity (Wildman–Crippen MR) is 379 cm³/mol. The third-order valence-corrected chi connectivity index (χ3v) is 16.0. The van der Waals surface area contributed by atoms with Gasteiger partial charge in [-0.25, -0.2) is 0 Å². The fourth-order valence-corrected chi connectivity index (χ4v) is 11.8. The van der Waals surface area contributed by atoms with E-state index in [-0.39, 0.29) is 273 Å². The largest absolute Gasteiger partial charge is 0.457 e. The van der Waals surface area contributed by atoms with Crippen LogP contribution in [0.15, 0.2) is 4.42 Å². The Hall–Kier alpha value is -4.75. The summed E-state index contributed by atoms with van der Waals surface area (Å²) in [5.74, 6) is 0. The molecule has 0 aliphatic carbocycles. The molecule has 0 bridgehead atoms. The molecule has 0 aliphatic rings. The molecule has 0 saturated carbocycles. The summed E-state index contributed by atoms with van der Waals surface area (Å²) in [6, 6.07) is 0. The van der Waals surface area contributed by atoms with Crippen molar-refractivity contribution in [2.75, 3.05) is 0 Å². The average Bonchev–Trinajstić information content (AvgIpc) is 3.43. The Kier molecular flexibility index (Phi) is 13.9. The van der Waals surface area contributed by atoms with E-state index in [1.165, 1.54) is 0 Å². The van der Waals surface area contributed by atoms with Crippen molar-refractivity contribution >= 4 is 475 Å². The van der Waals surface area contributed by atoms with Gasteiger partial charge < -0.3 is 4.42 Å². The molecule has 10 aromatic carbocycles. The highest BCUT2D eigenvalue weighted by atomic mass is 16.3. The van der Waals surface area contributed by atoms with Gasteiger partial charge in [-0.15, -0.1) is 54.6 Å². The van der Waals surface area contributed by atoms with Crippen LogP contribution in [0.4, 0.5) is 0 Å². The fourth-order valence-electron chi connectivity index (χ4n) is 11.8. The van der Waals surface area contributed by atoms with E-state index in [1.54, 1.807) is 0 Å². The lowest BCUT2D eigenvalue weighted by atomic mass is 9.55. The maximum atomic E-state index is 7.39. The minimum Gasteiger partial charge on any atom is -0.457 e. The van der Waals surface area contributed by atoms with Crippen LogP contribution in [0.2, 0.25) is 0 Å². The molecular formula is C50B30O. The number of rotatable bonds is 3. The van der Waals surface area contributed by atoms with Gasteiger partial charge in [0.25, 0.3) is 0 Å². The molecule has 1 nitrogen and oxygen atoms in total. The Bertz CT molecular complexity index is 4820. The van der Waals surface area contributed by atoms with Crippen molar-refractivity contribution in [3.63, 3.8) is 0 Å². The summed E-state index contributed by atoms with van der Waals surface area (Å²) in [7, 11) is 205. The lowest BCUT2D eigenvalue weighted by Crippen LogP contribution is -2.52. The second kappa shape index (κ2) is 19.4. The Labute approximate surface area is 509 Å². The van der Waals surface area contributed by atoms with Crippen molar-refractivity contribution in [1.82, 2.24) is 0 Å². The highest BCUT2D eigenvalue weighted by Crippen LogP contribution is 2.40. The van der Waals surface area contributed by atoms with Gasteiger partial charge in [0.1, 0.15) is 247 Å². The van der Waals surface area contributed by atoms with Gasteiger partial charge in [0.15, 0.2) is 0 Å². The van der Waals surface area contributed by atoms with Crippen molar-refractivity contribution in [2.45, 2.75) is 0 Å². The molecule has 0 unspecified atom stereocenters. The Morgan fingerprint density at radius 2 is 0.309 bits per heavy atom. The maximum Gasteiger partial charge on any atom is 0.128 e. The first-order valence-electron chi connectivity index (χ1n) is 23.8. The first kappa shape index (κ1) is 58.0. The predicted octanol–water partition coefficient (Wildman–Crippen LogP) is -21.8. The molecule has 0 spiro atoms. The lowest BCUT2D eigenvalue weighted by molar-refractivity contribution is 0.675. The number of hydrogen-bond acceptors (Lipinski definition) is 1. The van der Waals surface area contributed by atoms with Crippen LogP contribution < -0.4 is 164 Å². The third kappa shape index (κ3) is 7.30. The van der Waals surface area contributed by atoms with E-state index in [4.69, 9.17) is 240 Å². The molecule has 1 aromatic heterocycles. The SMILES string of the molecule is [B]c1c([B])c(-c2c([B])c3c([B])c([B])c([B])c([B])c3c3c([B])c([B])c([B])c([B])c23)c([B])c([B])c1-c1c2c([B])c([B])c([B])c([B])c2c(-c2c([B])c([B])c3oc4c([B])c5c([B])c([B])c([B])c([B])c5c([B])c4c3c2[B])c2c([B])c([B])c([B])c([B])c12. The second-order valence-electron chi connectivity index (χ2n) is 19.9. The maximum absolute atomic E-state index is 7.39. The van der Waals surface area contributed by atoms with Crippen molar-refractivity contribution in [2.24, 2.45) is 0 Å². The van der Waals surface area contributed by atoms with Crippen LogP contribution >= 0.6 is 0 Å². The van der Waals surface area contributed by atoms with Gasteiger partial charge in [-0.05, 0) is 92.7 Å². The monoisotopic (exact) mass is 946 g/mol. The molecule has 296 valence electrons. The van der Waals surface area contributed by atoms with Crippen LogP contribution in [0.25, 0.3) is 109 Å². The molecule has 60 radical (unpaired) electrons. The third-order valence-electron chi connectivity index (χ3n) is 16.0. The van der Waals surface area contributed by atoms with Crippen molar-refractivity contribution in [3.8, 4) is 33.4 Å². The van der Waals surface area contributed by atoms with Crippen LogP contribution in [0.5, 0.6) is 0 Å². The number of furan rings is 1. The summed E-state index contributed by atoms with van der Waals surface area (Å²) in [5, 5.41) is 0.546. The molecule has 1 heterocycles. The van der Waals surface area contributed by atoms with Crippen LogP contribution in [-0.2, 0) is 0 Å². The summed E-state index contributed by atoms with van der Waals surface area (Å²) in [5.41, 5.74) is -5.49. The van der Waals surface area contributed by atoms with E-state index in [9.17, 15) is 0 Å². The van der Waals surface area contributed by atoms with E-state index < -0.39 is 0 Å². The topological polar surface area (TPSA) is 13.1 Å². The average molecular weight is 941 g/mol. The zero-order chi connectivity index (χ0) is 59.6. The minimum absolute atomic E-state index is 0.0268. The van der Waals surface area contributed by atoms with E-state index in [1.807, 2.05) is 0 Å². The first-order valence-corrected chi connectivity index (χ1v) is 23.8. The second-order valence-corrected chi connectivity index (χ2v) is 19.9. The van der Waals surface area contributed by atoms with E-state index in [2.05, 4.69) is 0 Å². The Morgan fingerprint density at radius 1 is 0.111 bits per heavy atom. The Balaban J connectivity index is 1.37. The first-order chi connectivity index (χ1) is 37.8. The van der Waals surface area contributed by atoms with E-state index >= 15 is 0 Å². The quantitative estimate of drug-likeness (QED) is 0.0977. The van der Waals surface area contributed by atoms with Gasteiger partial charge in [0.05, 0.1) is 0 Å².